The van der Waals surface area contributed by atoms with Crippen LogP contribution in [0.2, 0.25) is 0 Å². The van der Waals surface area contributed by atoms with E-state index in [0.29, 0.717) is 30.6 Å². The zero-order valence-corrected chi connectivity index (χ0v) is 18.0. The fourth-order valence-corrected chi connectivity index (χ4v) is 5.35. The Bertz CT molecular complexity index is 965. The van der Waals surface area contributed by atoms with Crippen molar-refractivity contribution in [2.24, 2.45) is 0 Å². The highest BCUT2D eigenvalue weighted by Gasteiger charge is 2.29. The summed E-state index contributed by atoms with van der Waals surface area (Å²) in [4.78, 5) is 13.1. The summed E-state index contributed by atoms with van der Waals surface area (Å²) in [5.41, 5.74) is 1.97. The van der Waals surface area contributed by atoms with Gasteiger partial charge in [0, 0.05) is 18.7 Å². The van der Waals surface area contributed by atoms with Gasteiger partial charge >= 0.3 is 0 Å². The molecular formula is C22H28N2O4S. The molecule has 0 radical (unpaired) electrons. The van der Waals surface area contributed by atoms with Crippen molar-refractivity contribution in [2.45, 2.75) is 44.0 Å². The lowest BCUT2D eigenvalue weighted by atomic mass is 10.0. The number of carbonyl (C=O) groups excluding carboxylic acids is 1. The number of methoxy groups -OCH3 is 1. The molecule has 1 heterocycles. The molecule has 0 aliphatic carbocycles. The van der Waals surface area contributed by atoms with Gasteiger partial charge in [0.1, 0.15) is 5.75 Å². The first kappa shape index (κ1) is 21.3. The number of sulfonamides is 1. The Morgan fingerprint density at radius 1 is 1.14 bits per heavy atom. The average molecular weight is 417 g/mol. The molecule has 7 heteroatoms. The summed E-state index contributed by atoms with van der Waals surface area (Å²) >= 11 is 0. The highest BCUT2D eigenvalue weighted by atomic mass is 32.2. The maximum Gasteiger partial charge on any atom is 0.251 e. The minimum Gasteiger partial charge on any atom is -0.497 e. The molecule has 2 aromatic carbocycles. The first-order chi connectivity index (χ1) is 13.9. The summed E-state index contributed by atoms with van der Waals surface area (Å²) in [6, 6.07) is 12.3. The lowest BCUT2D eigenvalue weighted by Gasteiger charge is -2.20. The molecule has 1 saturated heterocycles. The molecule has 1 amide bonds. The van der Waals surface area contributed by atoms with Crippen LogP contribution >= 0.6 is 0 Å². The minimum atomic E-state index is -3.58. The van der Waals surface area contributed by atoms with Gasteiger partial charge in [0.15, 0.2) is 0 Å². The zero-order valence-electron chi connectivity index (χ0n) is 17.1. The van der Waals surface area contributed by atoms with E-state index in [4.69, 9.17) is 4.74 Å². The second-order valence-corrected chi connectivity index (χ2v) is 9.21. The summed E-state index contributed by atoms with van der Waals surface area (Å²) in [5.74, 6) is 0.468. The van der Waals surface area contributed by atoms with E-state index in [1.54, 1.807) is 26.2 Å². The van der Waals surface area contributed by atoms with Crippen LogP contribution in [0.15, 0.2) is 47.4 Å². The third-order valence-corrected chi connectivity index (χ3v) is 7.41. The summed E-state index contributed by atoms with van der Waals surface area (Å²) < 4.78 is 32.6. The van der Waals surface area contributed by atoms with Gasteiger partial charge in [0.2, 0.25) is 10.0 Å². The molecule has 0 unspecified atom stereocenters. The van der Waals surface area contributed by atoms with Crippen molar-refractivity contribution >= 4 is 15.9 Å². The van der Waals surface area contributed by atoms with Gasteiger partial charge in [-0.2, -0.15) is 4.31 Å². The van der Waals surface area contributed by atoms with Crippen LogP contribution in [0.5, 0.6) is 5.75 Å². The Balaban J connectivity index is 1.83. The number of benzene rings is 2. The SMILES string of the molecule is CC[C@@H](NC(=O)c1ccc(C)c(S(=O)(=O)N2CCCC2)c1)c1ccc(OC)cc1. The van der Waals surface area contributed by atoms with Gasteiger partial charge in [0.25, 0.3) is 5.91 Å². The highest BCUT2D eigenvalue weighted by molar-refractivity contribution is 7.89. The third kappa shape index (κ3) is 4.62. The number of hydrogen-bond donors (Lipinski definition) is 1. The van der Waals surface area contributed by atoms with Crippen molar-refractivity contribution in [3.63, 3.8) is 0 Å². The quantitative estimate of drug-likeness (QED) is 0.747. The summed E-state index contributed by atoms with van der Waals surface area (Å²) in [6.07, 6.45) is 2.46. The topological polar surface area (TPSA) is 75.7 Å². The molecule has 0 aromatic heterocycles. The number of amides is 1. The van der Waals surface area contributed by atoms with E-state index in [1.165, 1.54) is 10.4 Å². The number of rotatable bonds is 7. The fraction of sp³-hybridized carbons (Fsp3) is 0.409. The van der Waals surface area contributed by atoms with Crippen LogP contribution < -0.4 is 10.1 Å². The zero-order chi connectivity index (χ0) is 21.0. The summed E-state index contributed by atoms with van der Waals surface area (Å²) in [7, 11) is -1.97. The summed E-state index contributed by atoms with van der Waals surface area (Å²) in [5, 5.41) is 3.02. The first-order valence-corrected chi connectivity index (χ1v) is 11.4. The molecule has 1 aliphatic heterocycles. The van der Waals surface area contributed by atoms with Crippen molar-refractivity contribution in [3.05, 3.63) is 59.2 Å². The monoisotopic (exact) mass is 416 g/mol. The average Bonchev–Trinajstić information content (AvgIpc) is 3.28. The van der Waals surface area contributed by atoms with E-state index in [0.717, 1.165) is 24.2 Å². The molecule has 1 N–H and O–H groups in total. The smallest absolute Gasteiger partial charge is 0.251 e. The Kier molecular flexibility index (Phi) is 6.59. The standard InChI is InChI=1S/C22H28N2O4S/c1-4-20(17-9-11-19(28-3)12-10-17)23-22(25)18-8-7-16(2)21(15-18)29(26,27)24-13-5-6-14-24/h7-12,15,20H,4-6,13-14H2,1-3H3,(H,23,25)/t20-/m1/s1. The van der Waals surface area contributed by atoms with Gasteiger partial charge in [-0.1, -0.05) is 25.1 Å². The normalized spacial score (nSPS) is 15.8. The second kappa shape index (κ2) is 8.97. The molecule has 3 rings (SSSR count). The van der Waals surface area contributed by atoms with Gasteiger partial charge in [0.05, 0.1) is 18.0 Å². The van der Waals surface area contributed by atoms with E-state index in [2.05, 4.69) is 5.32 Å². The Morgan fingerprint density at radius 2 is 1.79 bits per heavy atom. The largest absolute Gasteiger partial charge is 0.497 e. The number of hydrogen-bond acceptors (Lipinski definition) is 4. The Labute approximate surface area is 172 Å². The number of ether oxygens (including phenoxy) is 1. The van der Waals surface area contributed by atoms with Crippen LogP contribution in [0.4, 0.5) is 0 Å². The van der Waals surface area contributed by atoms with E-state index in [9.17, 15) is 13.2 Å². The van der Waals surface area contributed by atoms with Gasteiger partial charge < -0.3 is 10.1 Å². The Hall–Kier alpha value is -2.38. The predicted molar refractivity (Wildman–Crippen MR) is 113 cm³/mol. The van der Waals surface area contributed by atoms with Crippen molar-refractivity contribution in [1.29, 1.82) is 0 Å². The molecule has 2 aromatic rings. The maximum atomic E-state index is 13.0. The molecule has 1 fully saturated rings. The van der Waals surface area contributed by atoms with Gasteiger partial charge in [-0.15, -0.1) is 0 Å². The van der Waals surface area contributed by atoms with Crippen LogP contribution in [0.1, 0.15) is 53.7 Å². The van der Waals surface area contributed by atoms with Crippen LogP contribution in [0.25, 0.3) is 0 Å². The van der Waals surface area contributed by atoms with Crippen molar-refractivity contribution in [2.75, 3.05) is 20.2 Å². The van der Waals surface area contributed by atoms with Crippen molar-refractivity contribution in [1.82, 2.24) is 9.62 Å². The number of nitrogens with one attached hydrogen (secondary N) is 1. The molecule has 1 atom stereocenters. The minimum absolute atomic E-state index is 0.173. The first-order valence-electron chi connectivity index (χ1n) is 9.92. The predicted octanol–water partition coefficient (Wildman–Crippen LogP) is 3.67. The molecule has 0 saturated carbocycles. The van der Waals surface area contributed by atoms with Crippen LogP contribution in [-0.2, 0) is 10.0 Å². The highest BCUT2D eigenvalue weighted by Crippen LogP contribution is 2.25. The molecule has 0 bridgehead atoms. The fourth-order valence-electron chi connectivity index (χ4n) is 3.59. The Morgan fingerprint density at radius 3 is 2.38 bits per heavy atom. The van der Waals surface area contributed by atoms with E-state index in [1.807, 2.05) is 31.2 Å². The van der Waals surface area contributed by atoms with Crippen molar-refractivity contribution in [3.8, 4) is 5.75 Å². The van der Waals surface area contributed by atoms with Gasteiger partial charge in [-0.25, -0.2) is 8.42 Å². The van der Waals surface area contributed by atoms with E-state index in [-0.39, 0.29) is 16.8 Å². The summed E-state index contributed by atoms with van der Waals surface area (Å²) in [6.45, 7) is 4.82. The van der Waals surface area contributed by atoms with Crippen molar-refractivity contribution < 1.29 is 17.9 Å². The molecule has 6 nitrogen and oxygen atoms in total. The molecule has 0 spiro atoms. The van der Waals surface area contributed by atoms with E-state index < -0.39 is 10.0 Å². The van der Waals surface area contributed by atoms with Crippen LogP contribution in [0.3, 0.4) is 0 Å². The second-order valence-electron chi connectivity index (χ2n) is 7.30. The van der Waals surface area contributed by atoms with Gasteiger partial charge in [-0.3, -0.25) is 4.79 Å². The molecule has 1 aliphatic rings. The van der Waals surface area contributed by atoms with Crippen LogP contribution in [-0.4, -0.2) is 38.8 Å². The number of nitrogens with zero attached hydrogens (tertiary/aromatic N) is 1. The third-order valence-electron chi connectivity index (χ3n) is 5.36. The molecular weight excluding hydrogens is 388 g/mol. The van der Waals surface area contributed by atoms with E-state index >= 15 is 0 Å². The lowest BCUT2D eigenvalue weighted by molar-refractivity contribution is 0.0935. The number of carbonyl (C=O) groups is 1. The maximum absolute atomic E-state index is 13.0. The molecule has 29 heavy (non-hydrogen) atoms. The number of aryl methyl sites for hydroxylation is 1. The molecule has 156 valence electrons. The van der Waals surface area contributed by atoms with Gasteiger partial charge in [-0.05, 0) is 61.6 Å². The lowest BCUT2D eigenvalue weighted by Crippen LogP contribution is -2.30. The van der Waals surface area contributed by atoms with Crippen LogP contribution in [0, 0.1) is 6.92 Å².